The number of nitrogens with one attached hydrogen (secondary N) is 1. The molecule has 1 aromatic rings. The van der Waals surface area contributed by atoms with Crippen molar-refractivity contribution in [3.63, 3.8) is 0 Å². The van der Waals surface area contributed by atoms with Crippen LogP contribution in [0.1, 0.15) is 18.4 Å². The minimum Gasteiger partial charge on any atom is -0.322 e. The number of carbonyl (C=O) groups is 2. The number of hydrogen-bond donors (Lipinski definition) is 1. The van der Waals surface area contributed by atoms with Gasteiger partial charge < -0.3 is 5.32 Å². The molecule has 4 heteroatoms. The molecule has 0 radical (unpaired) electrons. The molecule has 0 unspecified atom stereocenters. The summed E-state index contributed by atoms with van der Waals surface area (Å²) in [5.41, 5.74) is 0.260. The number of nitrogens with zero attached hydrogens (tertiary/aromatic N) is 1. The van der Waals surface area contributed by atoms with Gasteiger partial charge in [-0.3, -0.25) is 9.69 Å². The summed E-state index contributed by atoms with van der Waals surface area (Å²) in [5, 5.41) is 2.82. The van der Waals surface area contributed by atoms with E-state index in [0.29, 0.717) is 19.4 Å². The molecule has 0 bridgehead atoms. The number of urea groups is 1. The van der Waals surface area contributed by atoms with E-state index in [2.05, 4.69) is 5.32 Å². The number of amides is 3. The lowest BCUT2D eigenvalue weighted by Gasteiger charge is -2.20. The maximum atomic E-state index is 12.3. The topological polar surface area (TPSA) is 49.4 Å². The number of benzene rings is 1. The lowest BCUT2D eigenvalue weighted by atomic mass is 9.97. The van der Waals surface area contributed by atoms with Crippen LogP contribution < -0.4 is 5.32 Å². The molecule has 1 spiro atoms. The predicted molar refractivity (Wildman–Crippen MR) is 66.6 cm³/mol. The van der Waals surface area contributed by atoms with Gasteiger partial charge in [0.1, 0.15) is 5.54 Å². The molecule has 18 heavy (non-hydrogen) atoms. The molecule has 1 aliphatic heterocycles. The molecule has 4 nitrogen and oxygen atoms in total. The van der Waals surface area contributed by atoms with E-state index in [1.54, 1.807) is 0 Å². The van der Waals surface area contributed by atoms with Crippen molar-refractivity contribution in [1.82, 2.24) is 10.2 Å². The Hall–Kier alpha value is -2.10. The van der Waals surface area contributed by atoms with Gasteiger partial charge >= 0.3 is 6.03 Å². The van der Waals surface area contributed by atoms with Gasteiger partial charge in [0.15, 0.2) is 0 Å². The Morgan fingerprint density at radius 2 is 1.78 bits per heavy atom. The summed E-state index contributed by atoms with van der Waals surface area (Å²) < 4.78 is 0. The molecule has 0 aromatic heterocycles. The predicted octanol–water partition coefficient (Wildman–Crippen LogP) is 1.83. The van der Waals surface area contributed by atoms with Crippen molar-refractivity contribution in [2.45, 2.75) is 24.9 Å². The maximum absolute atomic E-state index is 12.3. The van der Waals surface area contributed by atoms with Crippen LogP contribution in [0.3, 0.4) is 0 Å². The van der Waals surface area contributed by atoms with Crippen LogP contribution in [0.25, 0.3) is 0 Å². The van der Waals surface area contributed by atoms with E-state index in [1.807, 2.05) is 42.5 Å². The average molecular weight is 242 g/mol. The number of hydrogen-bond acceptors (Lipinski definition) is 2. The first-order chi connectivity index (χ1) is 8.71. The Bertz CT molecular complexity index is 514. The molecule has 1 N–H and O–H groups in total. The van der Waals surface area contributed by atoms with E-state index >= 15 is 0 Å². The molecule has 1 saturated heterocycles. The molecule has 1 aliphatic carbocycles. The van der Waals surface area contributed by atoms with Gasteiger partial charge in [-0.2, -0.15) is 0 Å². The number of carbonyl (C=O) groups excluding carboxylic acids is 2. The second-order valence-electron chi connectivity index (χ2n) is 4.77. The Labute approximate surface area is 105 Å². The fourth-order valence-electron chi connectivity index (χ4n) is 2.51. The van der Waals surface area contributed by atoms with Gasteiger partial charge in [0.05, 0.1) is 6.54 Å². The van der Waals surface area contributed by atoms with Gasteiger partial charge in [0, 0.05) is 0 Å². The normalized spacial score (nSPS) is 20.8. The minimum absolute atomic E-state index is 0.110. The van der Waals surface area contributed by atoms with Gasteiger partial charge in [0.2, 0.25) is 0 Å². The first-order valence-electron chi connectivity index (χ1n) is 6.04. The summed E-state index contributed by atoms with van der Waals surface area (Å²) in [6, 6.07) is 9.27. The molecule has 0 atom stereocenters. The lowest BCUT2D eigenvalue weighted by molar-refractivity contribution is -0.131. The zero-order valence-electron chi connectivity index (χ0n) is 9.93. The van der Waals surface area contributed by atoms with Gasteiger partial charge in [-0.05, 0) is 18.4 Å². The average Bonchev–Trinajstić information content (AvgIpc) is 2.93. The third-order valence-electron chi connectivity index (χ3n) is 3.53. The van der Waals surface area contributed by atoms with Crippen LogP contribution in [0.4, 0.5) is 4.79 Å². The van der Waals surface area contributed by atoms with E-state index in [9.17, 15) is 9.59 Å². The van der Waals surface area contributed by atoms with E-state index in [1.165, 1.54) is 4.90 Å². The first-order valence-corrected chi connectivity index (χ1v) is 6.04. The lowest BCUT2D eigenvalue weighted by Crippen LogP contribution is -2.44. The van der Waals surface area contributed by atoms with Crippen LogP contribution in [0.15, 0.2) is 42.5 Å². The zero-order valence-corrected chi connectivity index (χ0v) is 9.93. The molecule has 0 saturated carbocycles. The monoisotopic (exact) mass is 242 g/mol. The quantitative estimate of drug-likeness (QED) is 0.635. The highest BCUT2D eigenvalue weighted by Gasteiger charge is 2.50. The SMILES string of the molecule is O=C1NC2(CC=CC2)C(=O)N1Cc1ccccc1. The highest BCUT2D eigenvalue weighted by Crippen LogP contribution is 2.31. The summed E-state index contributed by atoms with van der Waals surface area (Å²) in [4.78, 5) is 25.6. The fourth-order valence-corrected chi connectivity index (χ4v) is 2.51. The van der Waals surface area contributed by atoms with E-state index in [4.69, 9.17) is 0 Å². The molecule has 2 aliphatic rings. The Kier molecular flexibility index (Phi) is 2.44. The highest BCUT2D eigenvalue weighted by molar-refractivity contribution is 6.07. The fraction of sp³-hybridized carbons (Fsp3) is 0.286. The smallest absolute Gasteiger partial charge is 0.322 e. The van der Waals surface area contributed by atoms with Crippen molar-refractivity contribution < 1.29 is 9.59 Å². The van der Waals surface area contributed by atoms with Gasteiger partial charge in [-0.15, -0.1) is 0 Å². The van der Waals surface area contributed by atoms with Crippen molar-refractivity contribution in [3.05, 3.63) is 48.0 Å². The van der Waals surface area contributed by atoms with E-state index in [0.717, 1.165) is 5.56 Å². The van der Waals surface area contributed by atoms with Crippen molar-refractivity contribution in [3.8, 4) is 0 Å². The molecule has 1 aromatic carbocycles. The Balaban J connectivity index is 1.81. The molecule has 3 rings (SSSR count). The van der Waals surface area contributed by atoms with Crippen LogP contribution in [0.2, 0.25) is 0 Å². The summed E-state index contributed by atoms with van der Waals surface area (Å²) in [6.45, 7) is 0.341. The van der Waals surface area contributed by atoms with Crippen LogP contribution in [-0.2, 0) is 11.3 Å². The van der Waals surface area contributed by atoms with E-state index < -0.39 is 5.54 Å². The number of rotatable bonds is 2. The first kappa shape index (κ1) is 11.0. The third kappa shape index (κ3) is 1.61. The maximum Gasteiger partial charge on any atom is 0.325 e. The zero-order chi connectivity index (χ0) is 12.6. The van der Waals surface area contributed by atoms with E-state index in [-0.39, 0.29) is 11.9 Å². The Morgan fingerprint density at radius 3 is 2.44 bits per heavy atom. The van der Waals surface area contributed by atoms with Crippen molar-refractivity contribution in [2.24, 2.45) is 0 Å². The van der Waals surface area contributed by atoms with Gasteiger partial charge in [-0.1, -0.05) is 42.5 Å². The molecule has 92 valence electrons. The summed E-state index contributed by atoms with van der Waals surface area (Å²) >= 11 is 0. The Morgan fingerprint density at radius 1 is 1.11 bits per heavy atom. The van der Waals surface area contributed by atoms with Crippen molar-refractivity contribution >= 4 is 11.9 Å². The standard InChI is InChI=1S/C14H14N2O2/c17-12-14(8-4-5-9-14)15-13(18)16(12)10-11-6-2-1-3-7-11/h1-7H,8-10H2,(H,15,18). The van der Waals surface area contributed by atoms with Crippen LogP contribution in [-0.4, -0.2) is 22.4 Å². The molecule has 3 amide bonds. The van der Waals surface area contributed by atoms with Gasteiger partial charge in [0.25, 0.3) is 5.91 Å². The molecular formula is C14H14N2O2. The molecule has 1 fully saturated rings. The summed E-state index contributed by atoms with van der Waals surface area (Å²) in [6.07, 6.45) is 5.10. The molecule has 1 heterocycles. The van der Waals surface area contributed by atoms with Crippen LogP contribution in [0.5, 0.6) is 0 Å². The second kappa shape index (κ2) is 3.98. The summed E-state index contributed by atoms with van der Waals surface area (Å²) in [5.74, 6) is -0.110. The number of imide groups is 1. The van der Waals surface area contributed by atoms with Crippen molar-refractivity contribution in [2.75, 3.05) is 0 Å². The minimum atomic E-state index is -0.703. The third-order valence-corrected chi connectivity index (χ3v) is 3.53. The largest absolute Gasteiger partial charge is 0.325 e. The highest BCUT2D eigenvalue weighted by atomic mass is 16.2. The van der Waals surface area contributed by atoms with Crippen LogP contribution in [0, 0.1) is 0 Å². The second-order valence-corrected chi connectivity index (χ2v) is 4.77. The van der Waals surface area contributed by atoms with Crippen LogP contribution >= 0.6 is 0 Å². The summed E-state index contributed by atoms with van der Waals surface area (Å²) in [7, 11) is 0. The molecular weight excluding hydrogens is 228 g/mol. The van der Waals surface area contributed by atoms with Crippen molar-refractivity contribution in [1.29, 1.82) is 0 Å². The van der Waals surface area contributed by atoms with Gasteiger partial charge in [-0.25, -0.2) is 4.79 Å².